The summed E-state index contributed by atoms with van der Waals surface area (Å²) in [7, 11) is 0. The summed E-state index contributed by atoms with van der Waals surface area (Å²) in [5, 5.41) is 1.18. The molecule has 1 aliphatic heterocycles. The molecule has 2 atom stereocenters. The Hall–Kier alpha value is -1.48. The van der Waals surface area contributed by atoms with Gasteiger partial charge in [-0.25, -0.2) is 0 Å². The van der Waals surface area contributed by atoms with Gasteiger partial charge in [-0.05, 0) is 0 Å². The molecule has 2 amide bonds. The first-order valence-corrected chi connectivity index (χ1v) is 10.9. The zero-order chi connectivity index (χ0) is 19.4. The van der Waals surface area contributed by atoms with E-state index in [1.807, 2.05) is 46.2 Å². The molecule has 142 valence electrons. The van der Waals surface area contributed by atoms with Crippen LogP contribution in [0.15, 0.2) is 48.5 Å². The zero-order valence-corrected chi connectivity index (χ0v) is 18.7. The van der Waals surface area contributed by atoms with Crippen molar-refractivity contribution in [2.75, 3.05) is 26.2 Å². The van der Waals surface area contributed by atoms with Crippen molar-refractivity contribution in [3.63, 3.8) is 0 Å². The minimum atomic E-state index is -0.118. The van der Waals surface area contributed by atoms with Crippen LogP contribution in [0.3, 0.4) is 0 Å². The molecule has 2 aromatic carbocycles. The van der Waals surface area contributed by atoms with Crippen LogP contribution in [-0.2, 0) is 11.2 Å². The average Bonchev–Trinajstić information content (AvgIpc) is 2.69. The quantitative estimate of drug-likeness (QED) is 0.650. The molecule has 0 spiro atoms. The average molecular weight is 467 g/mol. The summed E-state index contributed by atoms with van der Waals surface area (Å²) >= 11 is 13.5. The summed E-state index contributed by atoms with van der Waals surface area (Å²) in [6.07, 6.45) is 0.595. The predicted octanol–water partition coefficient (Wildman–Crippen LogP) is 2.94. The maximum absolute atomic E-state index is 12.8. The van der Waals surface area contributed by atoms with Gasteiger partial charge >= 0.3 is 178 Å². The summed E-state index contributed by atoms with van der Waals surface area (Å²) in [5.74, 6) is 0.140. The number of benzene rings is 2. The fraction of sp³-hybridized carbons (Fsp3) is 0.300. The second-order valence-electron chi connectivity index (χ2n) is 6.53. The van der Waals surface area contributed by atoms with Crippen molar-refractivity contribution < 1.29 is 9.59 Å². The van der Waals surface area contributed by atoms with Crippen LogP contribution < -0.4 is 0 Å². The first-order chi connectivity index (χ1) is 13.0. The first kappa shape index (κ1) is 20.3. The normalized spacial score (nSPS) is 15.5. The van der Waals surface area contributed by atoms with Crippen LogP contribution in [0.25, 0.3) is 0 Å². The van der Waals surface area contributed by atoms with Crippen LogP contribution in [0, 0.1) is 0 Å². The standard InChI is InChI=1S/C20H21AsCl2N2O2/c21-17(12-15-6-7-16(22)13-18(15)23)20(27)25-10-8-24(9-11-25)19(26)14-4-2-1-3-5-14/h1-7,13,17H,8-12,21H2. The molecule has 27 heavy (non-hydrogen) atoms. The summed E-state index contributed by atoms with van der Waals surface area (Å²) in [5.41, 5.74) is 1.62. The van der Waals surface area contributed by atoms with Gasteiger partial charge in [0.2, 0.25) is 0 Å². The molecule has 0 aliphatic carbocycles. The Balaban J connectivity index is 1.55. The van der Waals surface area contributed by atoms with E-state index in [-0.39, 0.29) is 16.5 Å². The molecule has 1 aliphatic rings. The molecule has 0 saturated carbocycles. The SMILES string of the molecule is O=C(c1ccccc1)N1CCN(C(=O)C([AsH2])Cc2ccc(Cl)cc2Cl)CC1. The minimum absolute atomic E-state index is 0.0212. The molecule has 1 heterocycles. The van der Waals surface area contributed by atoms with E-state index >= 15 is 0 Å². The van der Waals surface area contributed by atoms with Crippen LogP contribution in [0.1, 0.15) is 15.9 Å². The number of carbonyl (C=O) groups excluding carboxylic acids is 2. The number of piperazine rings is 1. The van der Waals surface area contributed by atoms with Gasteiger partial charge in [-0.15, -0.1) is 0 Å². The number of carbonyl (C=O) groups is 2. The van der Waals surface area contributed by atoms with Crippen molar-refractivity contribution in [2.24, 2.45) is 0 Å². The van der Waals surface area contributed by atoms with Crippen LogP contribution in [-0.4, -0.2) is 64.6 Å². The van der Waals surface area contributed by atoms with Gasteiger partial charge in [0.25, 0.3) is 0 Å². The number of hydrogen-bond acceptors (Lipinski definition) is 2. The van der Waals surface area contributed by atoms with E-state index in [9.17, 15) is 9.59 Å². The number of rotatable bonds is 4. The van der Waals surface area contributed by atoms with Crippen LogP contribution >= 0.6 is 23.2 Å². The molecule has 0 bridgehead atoms. The maximum atomic E-state index is 12.8. The van der Waals surface area contributed by atoms with Crippen molar-refractivity contribution in [3.05, 3.63) is 69.7 Å². The van der Waals surface area contributed by atoms with E-state index in [2.05, 4.69) is 0 Å². The predicted molar refractivity (Wildman–Crippen MR) is 111 cm³/mol. The zero-order valence-electron chi connectivity index (χ0n) is 14.8. The monoisotopic (exact) mass is 466 g/mol. The fourth-order valence-corrected chi connectivity index (χ4v) is 4.60. The second kappa shape index (κ2) is 9.14. The molecule has 0 aromatic heterocycles. The third kappa shape index (κ3) is 5.07. The Morgan fingerprint density at radius 2 is 1.59 bits per heavy atom. The van der Waals surface area contributed by atoms with Gasteiger partial charge < -0.3 is 0 Å². The van der Waals surface area contributed by atoms with Gasteiger partial charge in [0.1, 0.15) is 0 Å². The van der Waals surface area contributed by atoms with Crippen molar-refractivity contribution in [1.29, 1.82) is 0 Å². The Morgan fingerprint density at radius 1 is 0.963 bits per heavy atom. The van der Waals surface area contributed by atoms with Crippen molar-refractivity contribution in [1.82, 2.24) is 9.80 Å². The molecule has 0 radical (unpaired) electrons. The number of halogens is 2. The molecule has 4 nitrogen and oxygen atoms in total. The molecule has 2 unspecified atom stereocenters. The van der Waals surface area contributed by atoms with E-state index in [0.717, 1.165) is 5.56 Å². The summed E-state index contributed by atoms with van der Waals surface area (Å²) in [4.78, 5) is 29.0. The Bertz CT molecular complexity index is 824. The van der Waals surface area contributed by atoms with Crippen molar-refractivity contribution in [3.8, 4) is 0 Å². The van der Waals surface area contributed by atoms with Crippen LogP contribution in [0.4, 0.5) is 0 Å². The molecule has 2 aromatic rings. The number of nitrogens with zero attached hydrogens (tertiary/aromatic N) is 2. The molecule has 3 rings (SSSR count). The molecule has 7 heteroatoms. The topological polar surface area (TPSA) is 40.6 Å². The molecule has 1 saturated heterocycles. The summed E-state index contributed by atoms with van der Waals surface area (Å²) in [6.45, 7) is 2.24. The van der Waals surface area contributed by atoms with Crippen LogP contribution in [0.5, 0.6) is 0 Å². The summed E-state index contributed by atoms with van der Waals surface area (Å²) in [6, 6.07) is 14.6. The molecular weight excluding hydrogens is 446 g/mol. The van der Waals surface area contributed by atoms with E-state index < -0.39 is 0 Å². The van der Waals surface area contributed by atoms with Crippen molar-refractivity contribution >= 4 is 51.9 Å². The van der Waals surface area contributed by atoms with E-state index in [0.29, 0.717) is 48.2 Å². The molecule has 0 N–H and O–H groups in total. The Kier molecular flexibility index (Phi) is 6.86. The van der Waals surface area contributed by atoms with E-state index in [1.165, 1.54) is 16.9 Å². The third-order valence-electron chi connectivity index (χ3n) is 4.67. The number of amides is 2. The Labute approximate surface area is 177 Å². The first-order valence-electron chi connectivity index (χ1n) is 8.78. The molecule has 1 fully saturated rings. The second-order valence-corrected chi connectivity index (χ2v) is 9.06. The van der Waals surface area contributed by atoms with E-state index in [1.54, 1.807) is 12.1 Å². The van der Waals surface area contributed by atoms with Gasteiger partial charge in [-0.1, -0.05) is 0 Å². The third-order valence-corrected chi connectivity index (χ3v) is 6.35. The summed E-state index contributed by atoms with van der Waals surface area (Å²) < 4.78 is -0.118. The Morgan fingerprint density at radius 3 is 2.22 bits per heavy atom. The van der Waals surface area contributed by atoms with E-state index in [4.69, 9.17) is 23.2 Å². The van der Waals surface area contributed by atoms with Gasteiger partial charge in [0.15, 0.2) is 0 Å². The van der Waals surface area contributed by atoms with Crippen molar-refractivity contribution in [2.45, 2.75) is 11.1 Å². The number of hydrogen-bond donors (Lipinski definition) is 0. The van der Waals surface area contributed by atoms with Gasteiger partial charge in [0, 0.05) is 0 Å². The van der Waals surface area contributed by atoms with Gasteiger partial charge in [0.05, 0.1) is 0 Å². The fourth-order valence-electron chi connectivity index (χ4n) is 3.14. The van der Waals surface area contributed by atoms with Crippen LogP contribution in [0.2, 0.25) is 14.8 Å². The van der Waals surface area contributed by atoms with Gasteiger partial charge in [-0.3, -0.25) is 0 Å². The van der Waals surface area contributed by atoms with Gasteiger partial charge in [-0.2, -0.15) is 0 Å². The molecular formula is C20H21AsCl2N2O2.